The van der Waals surface area contributed by atoms with Crippen LogP contribution >= 0.6 is 0 Å². The first-order valence-electron chi connectivity index (χ1n) is 19.9. The Hall–Kier alpha value is -6.09. The fourth-order valence-electron chi connectivity index (χ4n) is 6.96. The van der Waals surface area contributed by atoms with Gasteiger partial charge in [0.1, 0.15) is 0 Å². The highest BCUT2D eigenvalue weighted by atomic mass is 16.2. The Morgan fingerprint density at radius 1 is 0.804 bits per heavy atom. The summed E-state index contributed by atoms with van der Waals surface area (Å²) in [6.45, 7) is 2.10. The maximum absolute atomic E-state index is 13.1. The monoisotopic (exact) mass is 748 g/mol. The molecule has 1 aliphatic rings. The Labute approximate surface area is 329 Å². The van der Waals surface area contributed by atoms with Crippen LogP contribution in [0.25, 0.3) is 38.9 Å². The highest BCUT2D eigenvalue weighted by Crippen LogP contribution is 2.42. The van der Waals surface area contributed by atoms with Gasteiger partial charge in [-0.3, -0.25) is 9.59 Å². The molecule has 0 bridgehead atoms. The summed E-state index contributed by atoms with van der Waals surface area (Å²) in [7, 11) is 0. The molecule has 2 amide bonds. The number of rotatable bonds is 19. The molecule has 56 heavy (non-hydrogen) atoms. The maximum Gasteiger partial charge on any atom is 0.347 e. The van der Waals surface area contributed by atoms with Crippen LogP contribution in [0.15, 0.2) is 138 Å². The van der Waals surface area contributed by atoms with Crippen LogP contribution < -0.4 is 16.3 Å². The lowest BCUT2D eigenvalue weighted by atomic mass is 9.71. The molecule has 0 spiro atoms. The number of allylic oxidation sites excluding steroid dienone is 10. The number of carbonyl (C=O) groups is 2. The summed E-state index contributed by atoms with van der Waals surface area (Å²) in [6, 6.07) is 22.2. The molecule has 288 valence electrons. The second kappa shape index (κ2) is 20.0. The Kier molecular flexibility index (Phi) is 14.1. The van der Waals surface area contributed by atoms with Gasteiger partial charge in [0, 0.05) is 29.1 Å². The number of nitrogens with zero attached hydrogens (tertiary/aromatic N) is 3. The van der Waals surface area contributed by atoms with Crippen LogP contribution in [0, 0.1) is 0 Å². The van der Waals surface area contributed by atoms with Gasteiger partial charge in [-0.05, 0) is 87.5 Å². The average Bonchev–Trinajstić information content (AvgIpc) is 3.60. The number of aromatic amines is 1. The van der Waals surface area contributed by atoms with E-state index in [9.17, 15) is 14.4 Å². The quantitative estimate of drug-likeness (QED) is 0.0574. The number of H-pyrrole nitrogens is 1. The van der Waals surface area contributed by atoms with E-state index in [1.54, 1.807) is 6.20 Å². The zero-order valence-corrected chi connectivity index (χ0v) is 32.3. The summed E-state index contributed by atoms with van der Waals surface area (Å²) in [5, 5.41) is 13.6. The summed E-state index contributed by atoms with van der Waals surface area (Å²) in [6.07, 6.45) is 32.9. The van der Waals surface area contributed by atoms with Crippen molar-refractivity contribution in [2.75, 3.05) is 6.54 Å². The minimum absolute atomic E-state index is 0.0445. The number of fused-ring (bicyclic) bond motifs is 3. The lowest BCUT2D eigenvalue weighted by Crippen LogP contribution is -2.53. The van der Waals surface area contributed by atoms with Crippen molar-refractivity contribution in [2.45, 2.75) is 83.1 Å². The van der Waals surface area contributed by atoms with Gasteiger partial charge >= 0.3 is 5.69 Å². The molecule has 0 radical (unpaired) electrons. The minimum Gasteiger partial charge on any atom is -0.347 e. The summed E-state index contributed by atoms with van der Waals surface area (Å²) in [5.41, 5.74) is 5.21. The molecule has 5 aromatic rings. The SMILES string of the molecule is CCC=CCC=CCC=CCC=CCC=CCCCC(=O)NCC(=O)NC1(c2ccc(-c3nc4ccn5c(=O)[nH]nc5c4cc3-c3ccccc3)cc2)CCC1. The van der Waals surface area contributed by atoms with Crippen LogP contribution in [0.2, 0.25) is 0 Å². The molecule has 3 aromatic heterocycles. The molecule has 0 unspecified atom stereocenters. The molecule has 1 fully saturated rings. The van der Waals surface area contributed by atoms with E-state index in [1.807, 2.05) is 42.5 Å². The smallest absolute Gasteiger partial charge is 0.347 e. The molecule has 1 aliphatic carbocycles. The zero-order valence-electron chi connectivity index (χ0n) is 32.3. The van der Waals surface area contributed by atoms with Gasteiger partial charge in [0.05, 0.1) is 23.3 Å². The van der Waals surface area contributed by atoms with Crippen molar-refractivity contribution in [3.8, 4) is 22.4 Å². The molecule has 9 nitrogen and oxygen atoms in total. The van der Waals surface area contributed by atoms with Gasteiger partial charge in [0.15, 0.2) is 5.65 Å². The number of hydrogen-bond acceptors (Lipinski definition) is 5. The molecular weight excluding hydrogens is 697 g/mol. The van der Waals surface area contributed by atoms with Crippen LogP contribution in [0.3, 0.4) is 0 Å². The van der Waals surface area contributed by atoms with Crippen LogP contribution in [-0.4, -0.2) is 37.9 Å². The zero-order chi connectivity index (χ0) is 39.0. The van der Waals surface area contributed by atoms with Crippen LogP contribution in [0.4, 0.5) is 0 Å². The molecule has 0 saturated heterocycles. The summed E-state index contributed by atoms with van der Waals surface area (Å²) in [5.74, 6) is -0.303. The third-order valence-electron chi connectivity index (χ3n) is 10.1. The van der Waals surface area contributed by atoms with Crippen molar-refractivity contribution in [3.05, 3.63) is 150 Å². The third-order valence-corrected chi connectivity index (χ3v) is 10.1. The van der Waals surface area contributed by atoms with E-state index in [4.69, 9.17) is 4.98 Å². The van der Waals surface area contributed by atoms with Gasteiger partial charge in [-0.25, -0.2) is 19.3 Å². The van der Waals surface area contributed by atoms with E-state index < -0.39 is 5.54 Å². The lowest BCUT2D eigenvalue weighted by molar-refractivity contribution is -0.128. The summed E-state index contributed by atoms with van der Waals surface area (Å²) in [4.78, 5) is 42.9. The maximum atomic E-state index is 13.1. The number of pyridine rings is 2. The fraction of sp³-hybridized carbons (Fsp3) is 0.298. The van der Waals surface area contributed by atoms with Gasteiger partial charge in [-0.1, -0.05) is 122 Å². The number of unbranched alkanes of at least 4 members (excludes halogenated alkanes) is 1. The van der Waals surface area contributed by atoms with Gasteiger partial charge in [-0.2, -0.15) is 5.10 Å². The van der Waals surface area contributed by atoms with E-state index in [-0.39, 0.29) is 24.0 Å². The Morgan fingerprint density at radius 2 is 1.46 bits per heavy atom. The van der Waals surface area contributed by atoms with E-state index in [2.05, 4.69) is 113 Å². The van der Waals surface area contributed by atoms with Gasteiger partial charge < -0.3 is 10.6 Å². The fourth-order valence-corrected chi connectivity index (χ4v) is 6.96. The molecule has 9 heteroatoms. The number of amides is 2. The van der Waals surface area contributed by atoms with Gasteiger partial charge in [0.25, 0.3) is 0 Å². The molecule has 2 aromatic carbocycles. The third kappa shape index (κ3) is 10.4. The first kappa shape index (κ1) is 39.6. The number of benzene rings is 2. The van der Waals surface area contributed by atoms with Crippen molar-refractivity contribution < 1.29 is 9.59 Å². The first-order chi connectivity index (χ1) is 27.5. The van der Waals surface area contributed by atoms with Crippen molar-refractivity contribution in [1.29, 1.82) is 0 Å². The van der Waals surface area contributed by atoms with Crippen LogP contribution in [0.5, 0.6) is 0 Å². The predicted octanol–water partition coefficient (Wildman–Crippen LogP) is 9.44. The molecule has 3 heterocycles. The van der Waals surface area contributed by atoms with Gasteiger partial charge in [0.2, 0.25) is 11.8 Å². The number of aromatic nitrogens is 4. The molecular formula is C47H52N6O3. The highest BCUT2D eigenvalue weighted by molar-refractivity contribution is 5.98. The molecule has 3 N–H and O–H groups in total. The number of nitrogens with one attached hydrogen (secondary N) is 3. The van der Waals surface area contributed by atoms with E-state index >= 15 is 0 Å². The first-order valence-corrected chi connectivity index (χ1v) is 19.9. The van der Waals surface area contributed by atoms with E-state index in [0.717, 1.165) is 103 Å². The van der Waals surface area contributed by atoms with Crippen molar-refractivity contribution in [2.24, 2.45) is 0 Å². The average molecular weight is 749 g/mol. The normalized spacial score (nSPS) is 14.2. The lowest BCUT2D eigenvalue weighted by Gasteiger charge is -2.43. The van der Waals surface area contributed by atoms with Crippen molar-refractivity contribution in [3.63, 3.8) is 0 Å². The van der Waals surface area contributed by atoms with Crippen LogP contribution in [-0.2, 0) is 15.1 Å². The minimum atomic E-state index is -0.462. The summed E-state index contributed by atoms with van der Waals surface area (Å²) >= 11 is 0. The van der Waals surface area contributed by atoms with E-state index in [0.29, 0.717) is 12.1 Å². The van der Waals surface area contributed by atoms with Crippen LogP contribution in [0.1, 0.15) is 83.1 Å². The van der Waals surface area contributed by atoms with E-state index in [1.165, 1.54) is 4.40 Å². The highest BCUT2D eigenvalue weighted by Gasteiger charge is 2.40. The van der Waals surface area contributed by atoms with Gasteiger partial charge in [-0.15, -0.1) is 0 Å². The standard InChI is InChI=1S/C47H52N6O3/c1-2-3-4-5-6-7-8-9-10-11-12-13-14-15-16-17-21-25-42(54)48-35-43(55)50-47(31-22-32-47)38-28-26-37(27-29-38)44-39(36-23-19-18-20-24-36)34-40-41(49-44)30-33-53-45(40)51-52-46(53)56/h3-4,6-7,9-10,12-13,15-16,18-20,23-24,26-30,33-34H,2,5,8,11,14,17,21-22,25,31-32,35H2,1H3,(H,48,54)(H,50,55)(H,52,56). The largest absolute Gasteiger partial charge is 0.347 e. The Balaban J connectivity index is 0.968. The Bertz CT molecular complexity index is 2290. The second-order valence-electron chi connectivity index (χ2n) is 14.2. The molecule has 6 rings (SSSR count). The summed E-state index contributed by atoms with van der Waals surface area (Å²) < 4.78 is 1.49. The molecule has 1 saturated carbocycles. The topological polar surface area (TPSA) is 121 Å². The second-order valence-corrected chi connectivity index (χ2v) is 14.2. The predicted molar refractivity (Wildman–Crippen MR) is 227 cm³/mol. The van der Waals surface area contributed by atoms with Crippen molar-refractivity contribution in [1.82, 2.24) is 30.2 Å². The number of hydrogen-bond donors (Lipinski definition) is 3. The van der Waals surface area contributed by atoms with Crippen molar-refractivity contribution >= 4 is 28.4 Å². The number of carbonyl (C=O) groups excluding carboxylic acids is 2. The molecule has 0 atom stereocenters. The molecule has 0 aliphatic heterocycles. The Morgan fingerprint density at radius 3 is 2.11 bits per heavy atom.